The number of rotatable bonds is 5. The number of hydrogen-bond acceptors (Lipinski definition) is 6. The lowest BCUT2D eigenvalue weighted by molar-refractivity contribution is -0.136. The van der Waals surface area contributed by atoms with Gasteiger partial charge in [-0.05, 0) is 13.8 Å². The molecule has 0 aliphatic carbocycles. The van der Waals surface area contributed by atoms with Crippen molar-refractivity contribution in [1.82, 2.24) is 9.78 Å². The molecule has 0 amide bonds. The number of hydrogen-bond donors (Lipinski definition) is 2. The SMILES string of the molecule is CC1(C)OCC(CNc2cnn(CCO)c(=O)c2Cl)O1. The first-order chi connectivity index (χ1) is 9.43. The van der Waals surface area contributed by atoms with Crippen molar-refractivity contribution in [3.8, 4) is 0 Å². The smallest absolute Gasteiger partial charge is 0.287 e. The zero-order valence-electron chi connectivity index (χ0n) is 11.4. The molecule has 0 aromatic carbocycles. The Bertz CT molecular complexity index is 532. The topological polar surface area (TPSA) is 85.6 Å². The van der Waals surface area contributed by atoms with Crippen LogP contribution in [0.25, 0.3) is 0 Å². The fourth-order valence-corrected chi connectivity index (χ4v) is 2.14. The maximum atomic E-state index is 11.8. The van der Waals surface area contributed by atoms with Crippen LogP contribution in [-0.2, 0) is 16.0 Å². The molecule has 1 fully saturated rings. The number of aliphatic hydroxyl groups excluding tert-OH is 1. The van der Waals surface area contributed by atoms with Crippen molar-refractivity contribution < 1.29 is 14.6 Å². The van der Waals surface area contributed by atoms with Crippen molar-refractivity contribution in [3.63, 3.8) is 0 Å². The molecule has 1 aromatic heterocycles. The van der Waals surface area contributed by atoms with E-state index in [0.29, 0.717) is 18.8 Å². The van der Waals surface area contributed by atoms with Gasteiger partial charge in [0.15, 0.2) is 5.79 Å². The quantitative estimate of drug-likeness (QED) is 0.821. The third-order valence-corrected chi connectivity index (χ3v) is 3.25. The lowest BCUT2D eigenvalue weighted by Crippen LogP contribution is -2.28. The lowest BCUT2D eigenvalue weighted by atomic mass is 10.3. The van der Waals surface area contributed by atoms with Gasteiger partial charge in [-0.1, -0.05) is 11.6 Å². The van der Waals surface area contributed by atoms with Crippen LogP contribution in [0.5, 0.6) is 0 Å². The molecular formula is C12H18ClN3O4. The maximum absolute atomic E-state index is 11.8. The summed E-state index contributed by atoms with van der Waals surface area (Å²) < 4.78 is 12.2. The molecule has 7 nitrogen and oxygen atoms in total. The average molecular weight is 304 g/mol. The summed E-state index contributed by atoms with van der Waals surface area (Å²) in [6.07, 6.45) is 1.35. The summed E-state index contributed by atoms with van der Waals surface area (Å²) in [5.74, 6) is -0.584. The molecular weight excluding hydrogens is 286 g/mol. The minimum atomic E-state index is -0.584. The first-order valence-corrected chi connectivity index (χ1v) is 6.73. The number of nitrogens with one attached hydrogen (secondary N) is 1. The minimum Gasteiger partial charge on any atom is -0.394 e. The molecule has 0 bridgehead atoms. The highest BCUT2D eigenvalue weighted by Gasteiger charge is 2.32. The highest BCUT2D eigenvalue weighted by atomic mass is 35.5. The molecule has 0 saturated carbocycles. The Morgan fingerprint density at radius 3 is 3.00 bits per heavy atom. The number of aromatic nitrogens is 2. The predicted molar refractivity (Wildman–Crippen MR) is 74.0 cm³/mol. The summed E-state index contributed by atoms with van der Waals surface area (Å²) in [5, 5.41) is 15.8. The number of ether oxygens (including phenoxy) is 2. The van der Waals surface area contributed by atoms with E-state index in [1.807, 2.05) is 13.8 Å². The molecule has 20 heavy (non-hydrogen) atoms. The number of halogens is 1. The van der Waals surface area contributed by atoms with E-state index < -0.39 is 11.3 Å². The Morgan fingerprint density at radius 1 is 1.65 bits per heavy atom. The second kappa shape index (κ2) is 6.09. The van der Waals surface area contributed by atoms with Gasteiger partial charge in [-0.15, -0.1) is 0 Å². The van der Waals surface area contributed by atoms with Gasteiger partial charge in [-0.2, -0.15) is 5.10 Å². The van der Waals surface area contributed by atoms with E-state index >= 15 is 0 Å². The molecule has 1 aliphatic rings. The highest BCUT2D eigenvalue weighted by Crippen LogP contribution is 2.23. The summed E-state index contributed by atoms with van der Waals surface area (Å²) in [6, 6.07) is 0. The number of nitrogens with zero attached hydrogens (tertiary/aromatic N) is 2. The van der Waals surface area contributed by atoms with Crippen LogP contribution in [0.4, 0.5) is 5.69 Å². The molecule has 1 aromatic rings. The van der Waals surface area contributed by atoms with Crippen LogP contribution in [-0.4, -0.2) is 46.5 Å². The van der Waals surface area contributed by atoms with E-state index in [4.69, 9.17) is 26.2 Å². The van der Waals surface area contributed by atoms with Crippen LogP contribution in [0.15, 0.2) is 11.0 Å². The molecule has 1 atom stereocenters. The van der Waals surface area contributed by atoms with E-state index in [0.717, 1.165) is 4.68 Å². The van der Waals surface area contributed by atoms with Crippen molar-refractivity contribution in [3.05, 3.63) is 21.6 Å². The molecule has 112 valence electrons. The van der Waals surface area contributed by atoms with Gasteiger partial charge < -0.3 is 19.9 Å². The third kappa shape index (κ3) is 3.49. The Kier molecular flexibility index (Phi) is 4.64. The molecule has 1 saturated heterocycles. The third-order valence-electron chi connectivity index (χ3n) is 2.88. The van der Waals surface area contributed by atoms with Crippen LogP contribution in [0.2, 0.25) is 5.02 Å². The molecule has 8 heteroatoms. The van der Waals surface area contributed by atoms with E-state index in [-0.39, 0.29) is 24.3 Å². The summed E-state index contributed by atoms with van der Waals surface area (Å²) in [4.78, 5) is 11.8. The van der Waals surface area contributed by atoms with Crippen molar-refractivity contribution >= 4 is 17.3 Å². The molecule has 0 radical (unpaired) electrons. The van der Waals surface area contributed by atoms with Crippen molar-refractivity contribution in [1.29, 1.82) is 0 Å². The van der Waals surface area contributed by atoms with Gasteiger partial charge in [0.1, 0.15) is 11.1 Å². The molecule has 0 spiro atoms. The van der Waals surface area contributed by atoms with Gasteiger partial charge in [-0.3, -0.25) is 4.79 Å². The Labute approximate surface area is 121 Å². The first kappa shape index (κ1) is 15.2. The minimum absolute atomic E-state index is 0.0478. The van der Waals surface area contributed by atoms with Crippen molar-refractivity contribution in [2.45, 2.75) is 32.3 Å². The molecule has 2 heterocycles. The number of anilines is 1. The number of aliphatic hydroxyl groups is 1. The largest absolute Gasteiger partial charge is 0.394 e. The Hall–Kier alpha value is -1.15. The summed E-state index contributed by atoms with van der Waals surface area (Å²) in [6.45, 7) is 4.58. The Morgan fingerprint density at radius 2 is 2.40 bits per heavy atom. The van der Waals surface area contributed by atoms with Gasteiger partial charge in [0.2, 0.25) is 0 Å². The predicted octanol–water partition coefficient (Wildman–Crippen LogP) is 0.452. The summed E-state index contributed by atoms with van der Waals surface area (Å²) in [7, 11) is 0. The standard InChI is InChI=1S/C12H18ClN3O4/c1-12(2)19-7-8(20-12)5-14-9-6-15-16(3-4-17)11(18)10(9)13/h6,8,14,17H,3-5,7H2,1-2H3. The second-order valence-corrected chi connectivity index (χ2v) is 5.33. The van der Waals surface area contributed by atoms with Crippen molar-refractivity contribution in [2.75, 3.05) is 25.1 Å². The summed E-state index contributed by atoms with van der Waals surface area (Å²) in [5.41, 5.74) is 0.00815. The second-order valence-electron chi connectivity index (χ2n) is 4.96. The van der Waals surface area contributed by atoms with Crippen LogP contribution in [0, 0.1) is 0 Å². The van der Waals surface area contributed by atoms with Gasteiger partial charge in [0.25, 0.3) is 5.56 Å². The van der Waals surface area contributed by atoms with Gasteiger partial charge >= 0.3 is 0 Å². The van der Waals surface area contributed by atoms with Crippen LogP contribution >= 0.6 is 11.6 Å². The molecule has 2 rings (SSSR count). The van der Waals surface area contributed by atoms with Gasteiger partial charge in [0.05, 0.1) is 31.6 Å². The zero-order valence-corrected chi connectivity index (χ0v) is 12.2. The molecule has 1 aliphatic heterocycles. The summed E-state index contributed by atoms with van der Waals surface area (Å²) >= 11 is 5.99. The normalized spacial score (nSPS) is 21.1. The lowest BCUT2D eigenvalue weighted by Gasteiger charge is -2.17. The van der Waals surface area contributed by atoms with Crippen molar-refractivity contribution in [2.24, 2.45) is 0 Å². The van der Waals surface area contributed by atoms with E-state index in [1.54, 1.807) is 0 Å². The van der Waals surface area contributed by atoms with Gasteiger partial charge in [-0.25, -0.2) is 4.68 Å². The van der Waals surface area contributed by atoms with Crippen LogP contribution in [0.3, 0.4) is 0 Å². The monoisotopic (exact) mass is 303 g/mol. The average Bonchev–Trinajstić information content (AvgIpc) is 2.74. The van der Waals surface area contributed by atoms with E-state index in [1.165, 1.54) is 6.20 Å². The van der Waals surface area contributed by atoms with E-state index in [2.05, 4.69) is 10.4 Å². The van der Waals surface area contributed by atoms with Crippen LogP contribution in [0.1, 0.15) is 13.8 Å². The highest BCUT2D eigenvalue weighted by molar-refractivity contribution is 6.32. The fraction of sp³-hybridized carbons (Fsp3) is 0.667. The molecule has 1 unspecified atom stereocenters. The van der Waals surface area contributed by atoms with Gasteiger partial charge in [0, 0.05) is 6.54 Å². The maximum Gasteiger partial charge on any atom is 0.287 e. The first-order valence-electron chi connectivity index (χ1n) is 6.35. The van der Waals surface area contributed by atoms with Crippen LogP contribution < -0.4 is 10.9 Å². The zero-order chi connectivity index (χ0) is 14.8. The molecule has 2 N–H and O–H groups in total. The Balaban J connectivity index is 2.00. The fourth-order valence-electron chi connectivity index (χ4n) is 1.93. The van der Waals surface area contributed by atoms with E-state index in [9.17, 15) is 4.79 Å².